The highest BCUT2D eigenvalue weighted by Gasteiger charge is 2.18. The van der Waals surface area contributed by atoms with Crippen LogP contribution in [-0.2, 0) is 9.53 Å². The number of ether oxygens (including phenoxy) is 4. The molecule has 106 valence electrons. The zero-order valence-corrected chi connectivity index (χ0v) is 11.6. The molecule has 1 atom stereocenters. The van der Waals surface area contributed by atoms with Gasteiger partial charge in [0.1, 0.15) is 0 Å². The maximum Gasteiger partial charge on any atom is 0.307 e. The Labute approximate surface area is 112 Å². The Morgan fingerprint density at radius 3 is 2.00 bits per heavy atom. The van der Waals surface area contributed by atoms with Crippen LogP contribution in [0.3, 0.4) is 0 Å². The second kappa shape index (κ2) is 6.84. The van der Waals surface area contributed by atoms with Crippen molar-refractivity contribution >= 4 is 5.97 Å². The molecule has 0 bridgehead atoms. The second-order valence-electron chi connectivity index (χ2n) is 3.85. The van der Waals surface area contributed by atoms with E-state index in [0.717, 1.165) is 0 Å². The summed E-state index contributed by atoms with van der Waals surface area (Å²) in [7, 11) is 5.89. The SMILES string of the molecule is COC(=O)C[C@H](N)c1cc(OC)c(OC)c(OC)c1. The van der Waals surface area contributed by atoms with Crippen LogP contribution in [0.1, 0.15) is 18.0 Å². The van der Waals surface area contributed by atoms with Gasteiger partial charge in [0, 0.05) is 6.04 Å². The van der Waals surface area contributed by atoms with Gasteiger partial charge in [-0.2, -0.15) is 0 Å². The lowest BCUT2D eigenvalue weighted by atomic mass is 10.0. The molecule has 0 aliphatic carbocycles. The molecule has 6 heteroatoms. The van der Waals surface area contributed by atoms with Crippen LogP contribution in [-0.4, -0.2) is 34.4 Å². The topological polar surface area (TPSA) is 80.0 Å². The summed E-state index contributed by atoms with van der Waals surface area (Å²) < 4.78 is 20.3. The fraction of sp³-hybridized carbons (Fsp3) is 0.462. The van der Waals surface area contributed by atoms with Crippen molar-refractivity contribution < 1.29 is 23.7 Å². The van der Waals surface area contributed by atoms with Gasteiger partial charge in [-0.3, -0.25) is 4.79 Å². The molecule has 0 saturated carbocycles. The molecule has 0 fully saturated rings. The summed E-state index contributed by atoms with van der Waals surface area (Å²) in [6.07, 6.45) is 0.0785. The Hall–Kier alpha value is -1.95. The average molecular weight is 269 g/mol. The van der Waals surface area contributed by atoms with Gasteiger partial charge in [-0.15, -0.1) is 0 Å². The lowest BCUT2D eigenvalue weighted by Crippen LogP contribution is -2.16. The van der Waals surface area contributed by atoms with Crippen molar-refractivity contribution in [3.05, 3.63) is 17.7 Å². The molecule has 0 unspecified atom stereocenters. The minimum absolute atomic E-state index is 0.0785. The lowest BCUT2D eigenvalue weighted by molar-refractivity contribution is -0.141. The molecule has 6 nitrogen and oxygen atoms in total. The molecular weight excluding hydrogens is 250 g/mol. The lowest BCUT2D eigenvalue weighted by Gasteiger charge is -2.17. The van der Waals surface area contributed by atoms with Crippen molar-refractivity contribution in [3.8, 4) is 17.2 Å². The first-order valence-corrected chi connectivity index (χ1v) is 5.69. The maximum atomic E-state index is 11.2. The monoisotopic (exact) mass is 269 g/mol. The average Bonchev–Trinajstić information content (AvgIpc) is 2.44. The molecule has 19 heavy (non-hydrogen) atoms. The Morgan fingerprint density at radius 2 is 1.63 bits per heavy atom. The number of benzene rings is 1. The van der Waals surface area contributed by atoms with Gasteiger partial charge in [0.25, 0.3) is 0 Å². The largest absolute Gasteiger partial charge is 0.493 e. The first kappa shape index (κ1) is 15.1. The Kier molecular flexibility index (Phi) is 5.44. The zero-order valence-electron chi connectivity index (χ0n) is 11.6. The van der Waals surface area contributed by atoms with Gasteiger partial charge in [0.05, 0.1) is 34.9 Å². The molecule has 1 rings (SSSR count). The fourth-order valence-electron chi connectivity index (χ4n) is 1.70. The summed E-state index contributed by atoms with van der Waals surface area (Å²) in [5.74, 6) is 1.11. The van der Waals surface area contributed by atoms with Crippen molar-refractivity contribution in [1.82, 2.24) is 0 Å². The van der Waals surface area contributed by atoms with E-state index in [1.165, 1.54) is 28.4 Å². The van der Waals surface area contributed by atoms with E-state index in [0.29, 0.717) is 22.8 Å². The van der Waals surface area contributed by atoms with Gasteiger partial charge < -0.3 is 24.7 Å². The minimum Gasteiger partial charge on any atom is -0.493 e. The van der Waals surface area contributed by atoms with Gasteiger partial charge >= 0.3 is 5.97 Å². The summed E-state index contributed by atoms with van der Waals surface area (Å²) in [6, 6.07) is 2.94. The van der Waals surface area contributed by atoms with E-state index < -0.39 is 6.04 Å². The standard InChI is InChI=1S/C13H19NO5/c1-16-10-5-8(9(14)7-12(15)18-3)6-11(17-2)13(10)19-4/h5-6,9H,7,14H2,1-4H3/t9-/m0/s1. The van der Waals surface area contributed by atoms with E-state index in [2.05, 4.69) is 4.74 Å². The van der Waals surface area contributed by atoms with Gasteiger partial charge in [-0.25, -0.2) is 0 Å². The van der Waals surface area contributed by atoms with Crippen molar-refractivity contribution in [3.63, 3.8) is 0 Å². The molecule has 2 N–H and O–H groups in total. The highest BCUT2D eigenvalue weighted by Crippen LogP contribution is 2.39. The summed E-state index contributed by atoms with van der Waals surface area (Å²) >= 11 is 0. The minimum atomic E-state index is -0.499. The number of carbonyl (C=O) groups is 1. The van der Waals surface area contributed by atoms with E-state index in [1.807, 2.05) is 0 Å². The van der Waals surface area contributed by atoms with Crippen molar-refractivity contribution in [2.75, 3.05) is 28.4 Å². The molecule has 1 aromatic carbocycles. The van der Waals surface area contributed by atoms with Crippen LogP contribution < -0.4 is 19.9 Å². The van der Waals surface area contributed by atoms with E-state index in [1.54, 1.807) is 12.1 Å². The van der Waals surface area contributed by atoms with Crippen LogP contribution in [0.4, 0.5) is 0 Å². The fourth-order valence-corrected chi connectivity index (χ4v) is 1.70. The third-order valence-corrected chi connectivity index (χ3v) is 2.73. The van der Waals surface area contributed by atoms with Gasteiger partial charge in [0.2, 0.25) is 5.75 Å². The van der Waals surface area contributed by atoms with Crippen LogP contribution in [0, 0.1) is 0 Å². The number of methoxy groups -OCH3 is 4. The Morgan fingerprint density at radius 1 is 1.11 bits per heavy atom. The molecule has 0 radical (unpaired) electrons. The van der Waals surface area contributed by atoms with Crippen LogP contribution in [0.5, 0.6) is 17.2 Å². The molecule has 0 aliphatic rings. The predicted octanol–water partition coefficient (Wildman–Crippen LogP) is 1.28. The van der Waals surface area contributed by atoms with Crippen LogP contribution in [0.2, 0.25) is 0 Å². The number of rotatable bonds is 6. The number of esters is 1. The van der Waals surface area contributed by atoms with E-state index in [-0.39, 0.29) is 12.4 Å². The van der Waals surface area contributed by atoms with Gasteiger partial charge in [0.15, 0.2) is 11.5 Å². The third-order valence-electron chi connectivity index (χ3n) is 2.73. The first-order chi connectivity index (χ1) is 9.07. The molecule has 0 spiro atoms. The summed E-state index contributed by atoms with van der Waals surface area (Å²) in [6.45, 7) is 0. The highest BCUT2D eigenvalue weighted by molar-refractivity contribution is 5.70. The van der Waals surface area contributed by atoms with Crippen molar-refractivity contribution in [2.24, 2.45) is 5.73 Å². The van der Waals surface area contributed by atoms with Gasteiger partial charge in [-0.1, -0.05) is 0 Å². The molecular formula is C13H19NO5. The van der Waals surface area contributed by atoms with Crippen LogP contribution in [0.25, 0.3) is 0 Å². The van der Waals surface area contributed by atoms with E-state index in [9.17, 15) is 4.79 Å². The smallest absolute Gasteiger partial charge is 0.307 e. The summed E-state index contributed by atoms with van der Waals surface area (Å²) in [5.41, 5.74) is 6.67. The summed E-state index contributed by atoms with van der Waals surface area (Å²) in [5, 5.41) is 0. The van der Waals surface area contributed by atoms with Crippen LogP contribution >= 0.6 is 0 Å². The normalized spacial score (nSPS) is 11.6. The van der Waals surface area contributed by atoms with Crippen LogP contribution in [0.15, 0.2) is 12.1 Å². The first-order valence-electron chi connectivity index (χ1n) is 5.69. The number of hydrogen-bond acceptors (Lipinski definition) is 6. The molecule has 0 aromatic heterocycles. The summed E-state index contributed by atoms with van der Waals surface area (Å²) in [4.78, 5) is 11.2. The molecule has 0 amide bonds. The Bertz CT molecular complexity index is 422. The quantitative estimate of drug-likeness (QED) is 0.783. The molecule has 0 aliphatic heterocycles. The highest BCUT2D eigenvalue weighted by atomic mass is 16.5. The van der Waals surface area contributed by atoms with E-state index >= 15 is 0 Å². The molecule has 0 saturated heterocycles. The maximum absolute atomic E-state index is 11.2. The van der Waals surface area contributed by atoms with Crippen molar-refractivity contribution in [2.45, 2.75) is 12.5 Å². The predicted molar refractivity (Wildman–Crippen MR) is 69.7 cm³/mol. The van der Waals surface area contributed by atoms with Gasteiger partial charge in [-0.05, 0) is 17.7 Å². The number of hydrogen-bond donors (Lipinski definition) is 1. The zero-order chi connectivity index (χ0) is 14.4. The number of carbonyl (C=O) groups excluding carboxylic acids is 1. The van der Waals surface area contributed by atoms with Crippen molar-refractivity contribution in [1.29, 1.82) is 0 Å². The second-order valence-corrected chi connectivity index (χ2v) is 3.85. The number of nitrogens with two attached hydrogens (primary N) is 1. The van der Waals surface area contributed by atoms with E-state index in [4.69, 9.17) is 19.9 Å². The molecule has 0 heterocycles. The Balaban J connectivity index is 3.11. The molecule has 1 aromatic rings. The third kappa shape index (κ3) is 3.51.